The number of unbranched alkanes of at least 4 members (excludes halogenated alkanes) is 1. The predicted molar refractivity (Wildman–Crippen MR) is 147 cm³/mol. The van der Waals surface area contributed by atoms with Crippen LogP contribution in [0.15, 0.2) is 64.4 Å². The SMILES string of the molecule is N=C(N)c1ccc(CNC(=O)Cn2c(-c3ccccc3)c(Cl)nc(NCCCCN=C(N)N)c2=O)cc1. The molecule has 3 rings (SSSR count). The van der Waals surface area contributed by atoms with Crippen molar-refractivity contribution in [2.24, 2.45) is 22.2 Å². The van der Waals surface area contributed by atoms with Crippen molar-refractivity contribution in [2.45, 2.75) is 25.9 Å². The lowest BCUT2D eigenvalue weighted by molar-refractivity contribution is -0.121. The number of hydrogen-bond donors (Lipinski definition) is 6. The molecule has 0 radical (unpaired) electrons. The highest BCUT2D eigenvalue weighted by atomic mass is 35.5. The number of amidine groups is 1. The second-order valence-corrected chi connectivity index (χ2v) is 8.54. The third kappa shape index (κ3) is 7.80. The Morgan fingerprint density at radius 3 is 2.41 bits per heavy atom. The van der Waals surface area contributed by atoms with Crippen LogP contribution in [0.25, 0.3) is 11.3 Å². The number of guanidine groups is 1. The van der Waals surface area contributed by atoms with Gasteiger partial charge in [-0.3, -0.25) is 24.6 Å². The lowest BCUT2D eigenvalue weighted by atomic mass is 10.1. The minimum absolute atomic E-state index is 0.0313. The molecule has 0 aliphatic carbocycles. The number of nitrogens with one attached hydrogen (secondary N) is 3. The lowest BCUT2D eigenvalue weighted by Gasteiger charge is -2.16. The third-order valence-electron chi connectivity index (χ3n) is 5.40. The largest absolute Gasteiger partial charge is 0.384 e. The molecule has 0 aliphatic heterocycles. The Hall–Kier alpha value is -4.38. The molecular formula is C25H30ClN9O2. The molecule has 12 heteroatoms. The molecule has 0 atom stereocenters. The molecular weight excluding hydrogens is 494 g/mol. The molecule has 0 spiro atoms. The van der Waals surface area contributed by atoms with E-state index in [-0.39, 0.29) is 41.8 Å². The average molecular weight is 524 g/mol. The van der Waals surface area contributed by atoms with Crippen LogP contribution in [0.5, 0.6) is 0 Å². The summed E-state index contributed by atoms with van der Waals surface area (Å²) in [5.41, 5.74) is 18.1. The van der Waals surface area contributed by atoms with Crippen LogP contribution in [0, 0.1) is 5.41 Å². The summed E-state index contributed by atoms with van der Waals surface area (Å²) in [5, 5.41) is 13.4. The van der Waals surface area contributed by atoms with Crippen molar-refractivity contribution >= 4 is 35.1 Å². The van der Waals surface area contributed by atoms with Crippen LogP contribution in [0.4, 0.5) is 5.82 Å². The molecule has 1 amide bonds. The van der Waals surface area contributed by atoms with Crippen LogP contribution in [0.2, 0.25) is 5.15 Å². The van der Waals surface area contributed by atoms with E-state index in [2.05, 4.69) is 20.6 Å². The topological polar surface area (TPSA) is 190 Å². The second kappa shape index (κ2) is 13.1. The van der Waals surface area contributed by atoms with Crippen LogP contribution in [0.1, 0.15) is 24.0 Å². The van der Waals surface area contributed by atoms with E-state index in [4.69, 9.17) is 34.2 Å². The minimum Gasteiger partial charge on any atom is -0.384 e. The van der Waals surface area contributed by atoms with E-state index in [1.165, 1.54) is 4.57 Å². The molecule has 2 aromatic carbocycles. The molecule has 3 aromatic rings. The van der Waals surface area contributed by atoms with Gasteiger partial charge in [0.15, 0.2) is 16.9 Å². The number of carbonyl (C=O) groups is 1. The number of rotatable bonds is 12. The summed E-state index contributed by atoms with van der Waals surface area (Å²) >= 11 is 6.52. The van der Waals surface area contributed by atoms with Crippen LogP contribution >= 0.6 is 11.6 Å². The van der Waals surface area contributed by atoms with Gasteiger partial charge in [0, 0.05) is 30.8 Å². The van der Waals surface area contributed by atoms with Gasteiger partial charge in [-0.1, -0.05) is 66.2 Å². The highest BCUT2D eigenvalue weighted by Crippen LogP contribution is 2.26. The summed E-state index contributed by atoms with van der Waals surface area (Å²) in [5.74, 6) is -0.317. The standard InChI is InChI=1S/C25H30ClN9O2/c26-21-20(17-6-2-1-3-7-17)35(24(37)23(34-21)31-12-4-5-13-32-25(29)30)15-19(36)33-14-16-8-10-18(11-9-16)22(27)28/h1-3,6-11H,4-5,12-15H2,(H3,27,28)(H,31,34)(H,33,36)(H4,29,30,32). The van der Waals surface area contributed by atoms with Gasteiger partial charge in [0.1, 0.15) is 12.4 Å². The predicted octanol–water partition coefficient (Wildman–Crippen LogP) is 1.63. The van der Waals surface area contributed by atoms with Crippen LogP contribution in [-0.2, 0) is 17.9 Å². The zero-order valence-electron chi connectivity index (χ0n) is 20.2. The number of benzene rings is 2. The van der Waals surface area contributed by atoms with Gasteiger partial charge in [0.05, 0.1) is 5.69 Å². The Labute approximate surface area is 219 Å². The van der Waals surface area contributed by atoms with Crippen molar-refractivity contribution in [2.75, 3.05) is 18.4 Å². The van der Waals surface area contributed by atoms with E-state index >= 15 is 0 Å². The zero-order valence-corrected chi connectivity index (χ0v) is 21.0. The monoisotopic (exact) mass is 523 g/mol. The van der Waals surface area contributed by atoms with Gasteiger partial charge in [0.25, 0.3) is 5.56 Å². The van der Waals surface area contributed by atoms with Gasteiger partial charge in [-0.05, 0) is 18.4 Å². The molecule has 194 valence electrons. The number of nitrogen functional groups attached to an aromatic ring is 1. The molecule has 9 N–H and O–H groups in total. The van der Waals surface area contributed by atoms with Crippen molar-refractivity contribution in [3.8, 4) is 11.3 Å². The molecule has 0 saturated carbocycles. The Kier molecular flexibility index (Phi) is 9.61. The number of carbonyl (C=O) groups excluding carboxylic acids is 1. The van der Waals surface area contributed by atoms with Crippen molar-refractivity contribution in [3.05, 3.63) is 81.2 Å². The fourth-order valence-electron chi connectivity index (χ4n) is 3.53. The number of aliphatic imine (C=N–C) groups is 1. The van der Waals surface area contributed by atoms with Crippen molar-refractivity contribution < 1.29 is 4.79 Å². The Bertz CT molecular complexity index is 1320. The molecule has 0 saturated heterocycles. The molecule has 0 aliphatic rings. The molecule has 0 unspecified atom stereocenters. The van der Waals surface area contributed by atoms with Gasteiger partial charge >= 0.3 is 0 Å². The Balaban J connectivity index is 1.78. The summed E-state index contributed by atoms with van der Waals surface area (Å²) in [6.45, 7) is 0.918. The van der Waals surface area contributed by atoms with Gasteiger partial charge in [0.2, 0.25) is 5.91 Å². The number of nitrogens with two attached hydrogens (primary N) is 3. The number of nitrogens with zero attached hydrogens (tertiary/aromatic N) is 3. The maximum atomic E-state index is 13.3. The van der Waals surface area contributed by atoms with Crippen LogP contribution < -0.4 is 33.4 Å². The third-order valence-corrected chi connectivity index (χ3v) is 5.66. The summed E-state index contributed by atoms with van der Waals surface area (Å²) < 4.78 is 1.32. The number of amides is 1. The molecule has 11 nitrogen and oxygen atoms in total. The summed E-state index contributed by atoms with van der Waals surface area (Å²) in [4.78, 5) is 34.4. The highest BCUT2D eigenvalue weighted by Gasteiger charge is 2.19. The fraction of sp³-hybridized carbons (Fsp3) is 0.240. The van der Waals surface area contributed by atoms with E-state index in [1.54, 1.807) is 36.4 Å². The van der Waals surface area contributed by atoms with Crippen LogP contribution in [-0.4, -0.2) is 40.3 Å². The average Bonchev–Trinajstić information content (AvgIpc) is 2.88. The Morgan fingerprint density at radius 2 is 1.76 bits per heavy atom. The minimum atomic E-state index is -0.464. The van der Waals surface area contributed by atoms with Gasteiger partial charge < -0.3 is 27.8 Å². The first kappa shape index (κ1) is 27.2. The molecule has 1 aromatic heterocycles. The summed E-state index contributed by atoms with van der Waals surface area (Å²) in [7, 11) is 0. The zero-order chi connectivity index (χ0) is 26.8. The van der Waals surface area contributed by atoms with E-state index in [9.17, 15) is 9.59 Å². The number of halogens is 1. The molecule has 37 heavy (non-hydrogen) atoms. The number of hydrogen-bond acceptors (Lipinski definition) is 6. The highest BCUT2D eigenvalue weighted by molar-refractivity contribution is 6.32. The maximum absolute atomic E-state index is 13.3. The van der Waals surface area contributed by atoms with Crippen molar-refractivity contribution in [1.82, 2.24) is 14.9 Å². The maximum Gasteiger partial charge on any atom is 0.294 e. The van der Waals surface area contributed by atoms with Gasteiger partial charge in [-0.15, -0.1) is 0 Å². The van der Waals surface area contributed by atoms with Crippen molar-refractivity contribution in [3.63, 3.8) is 0 Å². The first-order valence-electron chi connectivity index (χ1n) is 11.6. The van der Waals surface area contributed by atoms with E-state index in [0.717, 1.165) is 5.56 Å². The Morgan fingerprint density at radius 1 is 1.05 bits per heavy atom. The summed E-state index contributed by atoms with van der Waals surface area (Å²) in [6.07, 6.45) is 1.41. The van der Waals surface area contributed by atoms with Gasteiger partial charge in [-0.2, -0.15) is 0 Å². The second-order valence-electron chi connectivity index (χ2n) is 8.18. The fourth-order valence-corrected chi connectivity index (χ4v) is 3.83. The van der Waals surface area contributed by atoms with E-state index in [1.807, 2.05) is 18.2 Å². The van der Waals surface area contributed by atoms with Crippen molar-refractivity contribution in [1.29, 1.82) is 5.41 Å². The smallest absolute Gasteiger partial charge is 0.294 e. The summed E-state index contributed by atoms with van der Waals surface area (Å²) in [6, 6.07) is 16.0. The molecule has 0 fully saturated rings. The molecule has 1 heterocycles. The van der Waals surface area contributed by atoms with Gasteiger partial charge in [-0.25, -0.2) is 4.98 Å². The first-order chi connectivity index (χ1) is 17.8. The lowest BCUT2D eigenvalue weighted by Crippen LogP contribution is -2.34. The van der Waals surface area contributed by atoms with E-state index in [0.29, 0.717) is 42.8 Å². The molecule has 0 bridgehead atoms. The normalized spacial score (nSPS) is 10.5. The van der Waals surface area contributed by atoms with Crippen LogP contribution in [0.3, 0.4) is 0 Å². The first-order valence-corrected chi connectivity index (χ1v) is 12.0. The number of aromatic nitrogens is 2. The quantitative estimate of drug-likeness (QED) is 0.118. The number of anilines is 1. The van der Waals surface area contributed by atoms with E-state index < -0.39 is 5.56 Å².